The summed E-state index contributed by atoms with van der Waals surface area (Å²) in [6.07, 6.45) is 1.31. The van der Waals surface area contributed by atoms with Crippen molar-refractivity contribution in [2.75, 3.05) is 16.0 Å². The lowest BCUT2D eigenvalue weighted by Gasteiger charge is -2.09. The molecule has 1 heterocycles. The number of hydrogen-bond donors (Lipinski definition) is 3. The number of hydrogen-bond acceptors (Lipinski definition) is 6. The zero-order chi connectivity index (χ0) is 18.5. The van der Waals surface area contributed by atoms with Crippen LogP contribution in [0.15, 0.2) is 48.7 Å². The molecule has 3 N–H and O–H groups in total. The molecule has 0 aliphatic rings. The minimum absolute atomic E-state index is 0.0671. The molecule has 0 unspecified atom stereocenters. The van der Waals surface area contributed by atoms with E-state index in [1.807, 2.05) is 0 Å². The van der Waals surface area contributed by atoms with Crippen LogP contribution in [-0.4, -0.2) is 21.1 Å². The lowest BCUT2D eigenvalue weighted by Crippen LogP contribution is -2.06. The maximum Gasteiger partial charge on any atom is 0.249 e. The predicted molar refractivity (Wildman–Crippen MR) is 93.5 cm³/mol. The SMILES string of the molecule is CC(=O)Nc1ccc(Nc2nncc(Nc3ccc(F)cc3F)n2)cc1. The lowest BCUT2D eigenvalue weighted by molar-refractivity contribution is -0.114. The highest BCUT2D eigenvalue weighted by molar-refractivity contribution is 5.88. The van der Waals surface area contributed by atoms with Crippen molar-refractivity contribution in [1.29, 1.82) is 0 Å². The Morgan fingerprint density at radius 2 is 1.73 bits per heavy atom. The molecule has 0 aliphatic heterocycles. The number of carbonyl (C=O) groups excluding carboxylic acids is 1. The van der Waals surface area contributed by atoms with Gasteiger partial charge in [-0.15, -0.1) is 5.10 Å². The van der Waals surface area contributed by atoms with Crippen molar-refractivity contribution in [3.8, 4) is 0 Å². The molecule has 1 amide bonds. The molecular weight excluding hydrogens is 342 g/mol. The van der Waals surface area contributed by atoms with Gasteiger partial charge in [-0.3, -0.25) is 4.79 Å². The number of benzene rings is 2. The first-order chi connectivity index (χ1) is 12.5. The monoisotopic (exact) mass is 356 g/mol. The van der Waals surface area contributed by atoms with Crippen LogP contribution in [0.25, 0.3) is 0 Å². The molecule has 1 aromatic heterocycles. The van der Waals surface area contributed by atoms with Crippen LogP contribution in [0.4, 0.5) is 37.6 Å². The van der Waals surface area contributed by atoms with Crippen molar-refractivity contribution in [1.82, 2.24) is 15.2 Å². The van der Waals surface area contributed by atoms with Gasteiger partial charge in [0.2, 0.25) is 11.9 Å². The van der Waals surface area contributed by atoms with Gasteiger partial charge in [0.15, 0.2) is 5.82 Å². The Bertz CT molecular complexity index is 933. The molecule has 3 aromatic rings. The largest absolute Gasteiger partial charge is 0.336 e. The molecule has 2 aromatic carbocycles. The second-order valence-electron chi connectivity index (χ2n) is 5.30. The van der Waals surface area contributed by atoms with E-state index in [9.17, 15) is 13.6 Å². The third-order valence-electron chi connectivity index (χ3n) is 3.21. The molecule has 7 nitrogen and oxygen atoms in total. The van der Waals surface area contributed by atoms with E-state index in [2.05, 4.69) is 31.1 Å². The standard InChI is InChI=1S/C17H14F2N6O/c1-10(26)21-12-3-5-13(6-4-12)22-17-24-16(9-20-25-17)23-15-7-2-11(18)8-14(15)19/h2-9H,1H3,(H,21,26)(H2,22,23,24,25). The average molecular weight is 356 g/mol. The normalized spacial score (nSPS) is 10.3. The highest BCUT2D eigenvalue weighted by atomic mass is 19.1. The summed E-state index contributed by atoms with van der Waals surface area (Å²) in [5.41, 5.74) is 1.40. The van der Waals surface area contributed by atoms with Gasteiger partial charge in [-0.1, -0.05) is 0 Å². The van der Waals surface area contributed by atoms with Crippen molar-refractivity contribution in [2.24, 2.45) is 0 Å². The maximum atomic E-state index is 13.7. The fourth-order valence-corrected chi connectivity index (χ4v) is 2.11. The lowest BCUT2D eigenvalue weighted by atomic mass is 10.3. The number of nitrogens with one attached hydrogen (secondary N) is 3. The number of carbonyl (C=O) groups is 1. The Kier molecular flexibility index (Phi) is 4.97. The van der Waals surface area contributed by atoms with Crippen LogP contribution < -0.4 is 16.0 Å². The first kappa shape index (κ1) is 17.2. The number of halogens is 2. The molecule has 0 atom stereocenters. The van der Waals surface area contributed by atoms with Crippen molar-refractivity contribution in [3.05, 3.63) is 60.3 Å². The summed E-state index contributed by atoms with van der Waals surface area (Å²) in [6.45, 7) is 1.42. The Morgan fingerprint density at radius 3 is 2.42 bits per heavy atom. The molecule has 132 valence electrons. The minimum Gasteiger partial charge on any atom is -0.336 e. The Labute approximate surface area is 147 Å². The van der Waals surface area contributed by atoms with Gasteiger partial charge in [-0.05, 0) is 36.4 Å². The Balaban J connectivity index is 1.72. The van der Waals surface area contributed by atoms with Crippen LogP contribution in [0, 0.1) is 11.6 Å². The first-order valence-electron chi connectivity index (χ1n) is 7.56. The molecule has 0 saturated carbocycles. The molecule has 0 aliphatic carbocycles. The van der Waals surface area contributed by atoms with Crippen LogP contribution in [0.1, 0.15) is 6.92 Å². The van der Waals surface area contributed by atoms with Gasteiger partial charge in [0.05, 0.1) is 11.9 Å². The summed E-state index contributed by atoms with van der Waals surface area (Å²) in [5.74, 6) is -1.15. The molecule has 0 radical (unpaired) electrons. The zero-order valence-corrected chi connectivity index (χ0v) is 13.6. The summed E-state index contributed by atoms with van der Waals surface area (Å²) in [7, 11) is 0. The van der Waals surface area contributed by atoms with E-state index in [-0.39, 0.29) is 23.4 Å². The third-order valence-corrected chi connectivity index (χ3v) is 3.21. The third kappa shape index (κ3) is 4.47. The topological polar surface area (TPSA) is 91.8 Å². The zero-order valence-electron chi connectivity index (χ0n) is 13.6. The van der Waals surface area contributed by atoms with Gasteiger partial charge in [0.25, 0.3) is 0 Å². The molecule has 0 bridgehead atoms. The fourth-order valence-electron chi connectivity index (χ4n) is 2.11. The Hall–Kier alpha value is -3.62. The summed E-state index contributed by atoms with van der Waals surface area (Å²) in [4.78, 5) is 15.2. The molecule has 0 spiro atoms. The van der Waals surface area contributed by atoms with E-state index >= 15 is 0 Å². The first-order valence-corrected chi connectivity index (χ1v) is 7.56. The number of amides is 1. The molecular formula is C17H14F2N6O. The second kappa shape index (κ2) is 7.51. The minimum atomic E-state index is -0.744. The molecule has 0 saturated heterocycles. The van der Waals surface area contributed by atoms with E-state index in [0.29, 0.717) is 11.4 Å². The molecule has 3 rings (SSSR count). The smallest absolute Gasteiger partial charge is 0.249 e. The van der Waals surface area contributed by atoms with Crippen molar-refractivity contribution >= 4 is 34.7 Å². The summed E-state index contributed by atoms with van der Waals surface area (Å²) in [6, 6.07) is 10.1. The number of rotatable bonds is 5. The summed E-state index contributed by atoms with van der Waals surface area (Å²) >= 11 is 0. The quantitative estimate of drug-likeness (QED) is 0.647. The van der Waals surface area contributed by atoms with Crippen molar-refractivity contribution < 1.29 is 13.6 Å². The van der Waals surface area contributed by atoms with Gasteiger partial charge >= 0.3 is 0 Å². The van der Waals surface area contributed by atoms with E-state index < -0.39 is 11.6 Å². The summed E-state index contributed by atoms with van der Waals surface area (Å²) in [5, 5.41) is 16.0. The number of anilines is 5. The van der Waals surface area contributed by atoms with Crippen molar-refractivity contribution in [3.63, 3.8) is 0 Å². The van der Waals surface area contributed by atoms with E-state index in [4.69, 9.17) is 0 Å². The Morgan fingerprint density at radius 1 is 1.00 bits per heavy atom. The van der Waals surface area contributed by atoms with E-state index in [1.54, 1.807) is 24.3 Å². The molecule has 26 heavy (non-hydrogen) atoms. The maximum absolute atomic E-state index is 13.7. The fraction of sp³-hybridized carbons (Fsp3) is 0.0588. The summed E-state index contributed by atoms with van der Waals surface area (Å²) < 4.78 is 26.7. The van der Waals surface area contributed by atoms with Gasteiger partial charge in [0.1, 0.15) is 11.6 Å². The molecule has 0 fully saturated rings. The van der Waals surface area contributed by atoms with Crippen LogP contribution in [-0.2, 0) is 4.79 Å². The number of aromatic nitrogens is 3. The number of nitrogens with zero attached hydrogens (tertiary/aromatic N) is 3. The highest BCUT2D eigenvalue weighted by Crippen LogP contribution is 2.21. The van der Waals surface area contributed by atoms with Crippen LogP contribution in [0.3, 0.4) is 0 Å². The highest BCUT2D eigenvalue weighted by Gasteiger charge is 2.07. The van der Waals surface area contributed by atoms with Crippen LogP contribution in [0.5, 0.6) is 0 Å². The van der Waals surface area contributed by atoms with Crippen molar-refractivity contribution in [2.45, 2.75) is 6.92 Å². The van der Waals surface area contributed by atoms with E-state index in [0.717, 1.165) is 12.1 Å². The molecule has 9 heteroatoms. The van der Waals surface area contributed by atoms with Gasteiger partial charge < -0.3 is 16.0 Å². The second-order valence-corrected chi connectivity index (χ2v) is 5.30. The van der Waals surface area contributed by atoms with Crippen LogP contribution in [0.2, 0.25) is 0 Å². The van der Waals surface area contributed by atoms with Gasteiger partial charge in [-0.2, -0.15) is 10.1 Å². The predicted octanol–water partition coefficient (Wildman–Crippen LogP) is 3.60. The van der Waals surface area contributed by atoms with Gasteiger partial charge in [0, 0.05) is 24.4 Å². The van der Waals surface area contributed by atoms with E-state index in [1.165, 1.54) is 19.2 Å². The average Bonchev–Trinajstić information content (AvgIpc) is 2.59. The van der Waals surface area contributed by atoms with Gasteiger partial charge in [-0.25, -0.2) is 8.78 Å². The van der Waals surface area contributed by atoms with Crippen LogP contribution >= 0.6 is 0 Å².